The van der Waals surface area contributed by atoms with E-state index >= 15 is 0 Å². The third kappa shape index (κ3) is 44.0. The third-order valence-electron chi connectivity index (χ3n) is 18.9. The van der Waals surface area contributed by atoms with E-state index in [0.717, 1.165) is 57.8 Å². The highest BCUT2D eigenvalue weighted by molar-refractivity contribution is 5.76. The minimum absolute atomic E-state index is 0.199. The van der Waals surface area contributed by atoms with Gasteiger partial charge in [-0.05, 0) is 44.9 Å². The van der Waals surface area contributed by atoms with E-state index in [-0.39, 0.29) is 12.5 Å². The molecule has 14 heteroatoms. The van der Waals surface area contributed by atoms with Gasteiger partial charge >= 0.3 is 0 Å². The molecule has 9 N–H and O–H groups in total. The van der Waals surface area contributed by atoms with Crippen molar-refractivity contribution in [2.75, 3.05) is 19.8 Å². The SMILES string of the molecule is CCCCCCC/C=C\C/C=C\CCCCCCCCCCCCCCCCCCCCCC(=O)NC(COC1OC(CO)C(OC2OC(CO)C(O)C(O)C2O)C(O)C1O)C(O)CCCCCCCCCCCCCCCCCCCCCCCCCC. The van der Waals surface area contributed by atoms with Crippen LogP contribution in [0.4, 0.5) is 0 Å². The molecule has 14 nitrogen and oxygen atoms in total. The number of rotatable bonds is 64. The summed E-state index contributed by atoms with van der Waals surface area (Å²) in [6.07, 6.45) is 59.2. The van der Waals surface area contributed by atoms with Gasteiger partial charge in [0, 0.05) is 6.42 Å². The average molecular weight is 1270 g/mol. The van der Waals surface area contributed by atoms with Crippen molar-refractivity contribution in [2.45, 2.75) is 428 Å². The van der Waals surface area contributed by atoms with E-state index in [9.17, 15) is 45.6 Å². The maximum atomic E-state index is 13.4. The van der Waals surface area contributed by atoms with Crippen molar-refractivity contribution in [1.82, 2.24) is 5.32 Å². The molecule has 12 unspecified atom stereocenters. The Morgan fingerprint density at radius 1 is 0.404 bits per heavy atom. The number of aliphatic hydroxyl groups excluding tert-OH is 8. The lowest BCUT2D eigenvalue weighted by Crippen LogP contribution is -2.65. The first-order valence-electron chi connectivity index (χ1n) is 38.1. The number of aliphatic hydroxyl groups is 8. The second kappa shape index (κ2) is 60.2. The van der Waals surface area contributed by atoms with E-state index < -0.39 is 86.8 Å². The van der Waals surface area contributed by atoms with E-state index in [4.69, 9.17) is 18.9 Å². The summed E-state index contributed by atoms with van der Waals surface area (Å²) in [5.41, 5.74) is 0. The summed E-state index contributed by atoms with van der Waals surface area (Å²) in [5, 5.41) is 87.8. The predicted molar refractivity (Wildman–Crippen MR) is 365 cm³/mol. The summed E-state index contributed by atoms with van der Waals surface area (Å²) in [6, 6.07) is -0.828. The van der Waals surface area contributed by atoms with Gasteiger partial charge in [0.25, 0.3) is 0 Å². The molecule has 1 amide bonds. The van der Waals surface area contributed by atoms with Gasteiger partial charge in [-0.3, -0.25) is 4.79 Å². The van der Waals surface area contributed by atoms with Crippen LogP contribution in [-0.2, 0) is 23.7 Å². The van der Waals surface area contributed by atoms with E-state index in [1.165, 1.54) is 270 Å². The average Bonchev–Trinajstić information content (AvgIpc) is 2.53. The first-order chi connectivity index (χ1) is 43.6. The van der Waals surface area contributed by atoms with Crippen LogP contribution in [0.1, 0.15) is 354 Å². The van der Waals surface area contributed by atoms with Crippen LogP contribution < -0.4 is 5.32 Å². The number of carbonyl (C=O) groups excluding carboxylic acids is 1. The molecule has 2 aliphatic rings. The molecule has 0 spiro atoms. The number of hydrogen-bond donors (Lipinski definition) is 9. The molecule has 0 aromatic rings. The molecular formula is C75H143NO13. The zero-order chi connectivity index (χ0) is 64.5. The summed E-state index contributed by atoms with van der Waals surface area (Å²) >= 11 is 0. The van der Waals surface area contributed by atoms with Crippen LogP contribution in [-0.4, -0.2) is 140 Å². The normalized spacial score (nSPS) is 23.1. The number of allylic oxidation sites excluding steroid dienone is 4. The first-order valence-corrected chi connectivity index (χ1v) is 38.1. The lowest BCUT2D eigenvalue weighted by molar-refractivity contribution is -0.359. The van der Waals surface area contributed by atoms with Crippen LogP contribution in [0.3, 0.4) is 0 Å². The fourth-order valence-electron chi connectivity index (χ4n) is 12.9. The molecular weight excluding hydrogens is 1120 g/mol. The molecule has 2 fully saturated rings. The van der Waals surface area contributed by atoms with Gasteiger partial charge in [-0.2, -0.15) is 0 Å². The number of nitrogens with one attached hydrogen (secondary N) is 1. The Bertz CT molecular complexity index is 1590. The second-order valence-electron chi connectivity index (χ2n) is 27.1. The smallest absolute Gasteiger partial charge is 0.220 e. The fourth-order valence-corrected chi connectivity index (χ4v) is 12.9. The maximum Gasteiger partial charge on any atom is 0.220 e. The number of carbonyl (C=O) groups is 1. The van der Waals surface area contributed by atoms with Gasteiger partial charge in [0.1, 0.15) is 48.8 Å². The second-order valence-corrected chi connectivity index (χ2v) is 27.1. The highest BCUT2D eigenvalue weighted by atomic mass is 16.7. The molecule has 2 saturated heterocycles. The molecule has 0 radical (unpaired) electrons. The largest absolute Gasteiger partial charge is 0.394 e. The zero-order valence-electron chi connectivity index (χ0n) is 57.5. The minimum atomic E-state index is -1.78. The zero-order valence-corrected chi connectivity index (χ0v) is 57.5. The van der Waals surface area contributed by atoms with Crippen molar-refractivity contribution in [3.8, 4) is 0 Å². The molecule has 12 atom stereocenters. The van der Waals surface area contributed by atoms with Gasteiger partial charge < -0.3 is 65.1 Å². The summed E-state index contributed by atoms with van der Waals surface area (Å²) in [4.78, 5) is 13.4. The topological polar surface area (TPSA) is 228 Å². The molecule has 2 heterocycles. The number of unbranched alkanes of at least 4 members (excludes halogenated alkanes) is 47. The minimum Gasteiger partial charge on any atom is -0.394 e. The lowest BCUT2D eigenvalue weighted by atomic mass is 9.97. The van der Waals surface area contributed by atoms with E-state index in [1.54, 1.807) is 0 Å². The molecule has 89 heavy (non-hydrogen) atoms. The van der Waals surface area contributed by atoms with E-state index in [0.29, 0.717) is 12.8 Å². The molecule has 0 bridgehead atoms. The van der Waals surface area contributed by atoms with Crippen molar-refractivity contribution < 1.29 is 64.6 Å². The van der Waals surface area contributed by atoms with Crippen molar-refractivity contribution in [1.29, 1.82) is 0 Å². The van der Waals surface area contributed by atoms with Gasteiger partial charge in [-0.15, -0.1) is 0 Å². The molecule has 0 saturated carbocycles. The highest BCUT2D eigenvalue weighted by Crippen LogP contribution is 2.30. The highest BCUT2D eigenvalue weighted by Gasteiger charge is 2.51. The molecule has 2 aliphatic heterocycles. The van der Waals surface area contributed by atoms with Crippen LogP contribution >= 0.6 is 0 Å². The summed E-state index contributed by atoms with van der Waals surface area (Å²) in [6.45, 7) is 2.91. The lowest BCUT2D eigenvalue weighted by Gasteiger charge is -2.46. The first kappa shape index (κ1) is 83.6. The third-order valence-corrected chi connectivity index (χ3v) is 18.9. The Balaban J connectivity index is 1.62. The van der Waals surface area contributed by atoms with Crippen LogP contribution in [0.15, 0.2) is 24.3 Å². The Morgan fingerprint density at radius 2 is 0.742 bits per heavy atom. The van der Waals surface area contributed by atoms with Gasteiger partial charge in [0.05, 0.1) is 32.0 Å². The summed E-state index contributed by atoms with van der Waals surface area (Å²) < 4.78 is 23.0. The van der Waals surface area contributed by atoms with Crippen molar-refractivity contribution >= 4 is 5.91 Å². The fraction of sp³-hybridized carbons (Fsp3) is 0.933. The molecule has 0 aromatic carbocycles. The Kier molecular flexibility index (Phi) is 56.5. The number of hydrogen-bond acceptors (Lipinski definition) is 13. The van der Waals surface area contributed by atoms with Gasteiger partial charge in [-0.1, -0.05) is 327 Å². The van der Waals surface area contributed by atoms with Crippen LogP contribution in [0.25, 0.3) is 0 Å². The van der Waals surface area contributed by atoms with Crippen molar-refractivity contribution in [2.24, 2.45) is 0 Å². The van der Waals surface area contributed by atoms with E-state index in [1.807, 2.05) is 0 Å². The van der Waals surface area contributed by atoms with Crippen LogP contribution in [0, 0.1) is 0 Å². The molecule has 526 valence electrons. The standard InChI is InChI=1S/C75H143NO13/c1-3-5-7-9-11-13-15-17-19-21-23-25-27-29-30-31-32-33-34-35-37-39-41-43-45-47-49-51-53-55-57-59-67(80)76-63(62-86-74-72(85)70(83)73(66(61-78)88-74)89-75-71(84)69(82)68(81)65(60-77)87-75)64(79)58-56-54-52-50-48-46-44-42-40-38-36-28-26-24-22-20-18-16-14-12-10-8-6-4-2/h15,17,21,23,63-66,68-75,77-79,81-85H,3-14,16,18-20,22,24-62H2,1-2H3,(H,76,80)/b17-15-,23-21-. The Morgan fingerprint density at radius 3 is 1.12 bits per heavy atom. The van der Waals surface area contributed by atoms with Crippen molar-refractivity contribution in [3.05, 3.63) is 24.3 Å². The monoisotopic (exact) mass is 1270 g/mol. The van der Waals surface area contributed by atoms with E-state index in [2.05, 4.69) is 43.5 Å². The van der Waals surface area contributed by atoms with Gasteiger partial charge in [-0.25, -0.2) is 0 Å². The van der Waals surface area contributed by atoms with Crippen molar-refractivity contribution in [3.63, 3.8) is 0 Å². The summed E-state index contributed by atoms with van der Waals surface area (Å²) in [5.74, 6) is -0.199. The number of ether oxygens (including phenoxy) is 4. The maximum absolute atomic E-state index is 13.4. The van der Waals surface area contributed by atoms with Gasteiger partial charge in [0.2, 0.25) is 5.91 Å². The Labute approximate surface area is 545 Å². The quantitative estimate of drug-likeness (QED) is 0.0204. The molecule has 2 rings (SSSR count). The van der Waals surface area contributed by atoms with Gasteiger partial charge in [0.15, 0.2) is 12.6 Å². The number of amides is 1. The van der Waals surface area contributed by atoms with Crippen LogP contribution in [0.5, 0.6) is 0 Å². The molecule has 0 aliphatic carbocycles. The van der Waals surface area contributed by atoms with Crippen LogP contribution in [0.2, 0.25) is 0 Å². The molecule has 0 aromatic heterocycles. The predicted octanol–water partition coefficient (Wildman–Crippen LogP) is 16.3. The summed E-state index contributed by atoms with van der Waals surface area (Å²) in [7, 11) is 0. The Hall–Kier alpha value is -1.53.